The third kappa shape index (κ3) is 4.09. The van der Waals surface area contributed by atoms with Gasteiger partial charge in [0, 0.05) is 5.56 Å². The summed E-state index contributed by atoms with van der Waals surface area (Å²) in [6, 6.07) is 10.8. The van der Waals surface area contributed by atoms with Crippen LogP contribution in [0.15, 0.2) is 57.9 Å². The first kappa shape index (κ1) is 20.5. The fourth-order valence-electron chi connectivity index (χ4n) is 3.16. The zero-order chi connectivity index (χ0) is 22.1. The summed E-state index contributed by atoms with van der Waals surface area (Å²) in [5, 5.41) is 12.7. The number of ether oxygens (including phenoxy) is 2. The largest absolute Gasteiger partial charge is 0.791 e. The molecule has 162 valence electrons. The van der Waals surface area contributed by atoms with E-state index in [2.05, 4.69) is 9.72 Å². The molecule has 2 aromatic carbocycles. The Hall–Kier alpha value is -3.82. The first-order valence-corrected chi connectivity index (χ1v) is 9.42. The van der Waals surface area contributed by atoms with Gasteiger partial charge >= 0.3 is 6.61 Å². The Balaban J connectivity index is 1.64. The molecule has 0 spiro atoms. The molecule has 0 bridgehead atoms. The van der Waals surface area contributed by atoms with E-state index in [-0.39, 0.29) is 35.6 Å². The molecule has 0 saturated heterocycles. The monoisotopic (exact) mass is 430 g/mol. The van der Waals surface area contributed by atoms with Crippen LogP contribution in [0.4, 0.5) is 8.78 Å². The van der Waals surface area contributed by atoms with Crippen LogP contribution in [0.2, 0.25) is 0 Å². The molecule has 0 radical (unpaired) electrons. The van der Waals surface area contributed by atoms with Gasteiger partial charge in [0.1, 0.15) is 12.0 Å². The van der Waals surface area contributed by atoms with Crippen LogP contribution in [0.3, 0.4) is 0 Å². The van der Waals surface area contributed by atoms with Crippen LogP contribution in [-0.2, 0) is 6.54 Å². The van der Waals surface area contributed by atoms with Crippen molar-refractivity contribution in [3.63, 3.8) is 0 Å². The highest BCUT2D eigenvalue weighted by Gasteiger charge is 2.17. The summed E-state index contributed by atoms with van der Waals surface area (Å²) in [6.45, 7) is 0.414. The number of para-hydroxylation sites is 1. The fraction of sp³-hybridized carbons (Fsp3) is 0.238. The van der Waals surface area contributed by atoms with Crippen LogP contribution in [0.1, 0.15) is 19.5 Å². The van der Waals surface area contributed by atoms with Gasteiger partial charge in [0.25, 0.3) is 5.56 Å². The number of aromatic nitrogens is 3. The van der Waals surface area contributed by atoms with Crippen molar-refractivity contribution in [3.8, 4) is 23.0 Å². The Morgan fingerprint density at radius 1 is 1.13 bits per heavy atom. The molecule has 8 nitrogen and oxygen atoms in total. The number of rotatable bonds is 7. The van der Waals surface area contributed by atoms with Gasteiger partial charge in [-0.2, -0.15) is 8.78 Å². The molecule has 0 aliphatic heterocycles. The van der Waals surface area contributed by atoms with Crippen molar-refractivity contribution in [2.24, 2.45) is 0 Å². The van der Waals surface area contributed by atoms with Gasteiger partial charge in [0.05, 0.1) is 23.6 Å². The van der Waals surface area contributed by atoms with Gasteiger partial charge in [-0.05, 0) is 44.2 Å². The molecule has 4 aromatic rings. The molecule has 0 atom stereocenters. The SMILES string of the molecule is CC(C)Oc1cc(-c2nc(Cn3c(=O)c4ccccc4n3[O-])co2)ccc1OC(F)F. The van der Waals surface area contributed by atoms with E-state index in [1.165, 1.54) is 24.5 Å². The predicted molar refractivity (Wildman–Crippen MR) is 108 cm³/mol. The van der Waals surface area contributed by atoms with Crippen molar-refractivity contribution in [3.05, 3.63) is 70.0 Å². The number of halogens is 2. The first-order valence-electron chi connectivity index (χ1n) is 9.42. The molecular formula is C21H18F2N3O5-. The average molecular weight is 430 g/mol. The molecular weight excluding hydrogens is 412 g/mol. The number of hydrogen-bond acceptors (Lipinski definition) is 6. The van der Waals surface area contributed by atoms with Crippen molar-refractivity contribution >= 4 is 10.9 Å². The fourth-order valence-corrected chi connectivity index (χ4v) is 3.16. The van der Waals surface area contributed by atoms with Crippen molar-refractivity contribution in [2.75, 3.05) is 0 Å². The molecule has 10 heteroatoms. The zero-order valence-corrected chi connectivity index (χ0v) is 16.6. The minimum Gasteiger partial charge on any atom is -0.791 e. The van der Waals surface area contributed by atoms with Gasteiger partial charge in [-0.1, -0.05) is 12.1 Å². The van der Waals surface area contributed by atoms with Crippen LogP contribution in [0, 0.1) is 5.21 Å². The van der Waals surface area contributed by atoms with Crippen molar-refractivity contribution < 1.29 is 22.7 Å². The highest BCUT2D eigenvalue weighted by molar-refractivity contribution is 5.78. The lowest BCUT2D eigenvalue weighted by molar-refractivity contribution is -0.0518. The number of nitrogens with zero attached hydrogens (tertiary/aromatic N) is 3. The maximum absolute atomic E-state index is 12.6. The van der Waals surface area contributed by atoms with Gasteiger partial charge in [0.15, 0.2) is 11.5 Å². The lowest BCUT2D eigenvalue weighted by Crippen LogP contribution is -2.21. The second-order valence-electron chi connectivity index (χ2n) is 7.00. The minimum absolute atomic E-state index is 0.0948. The summed E-state index contributed by atoms with van der Waals surface area (Å²) in [4.78, 5) is 17.3. The third-order valence-corrected chi connectivity index (χ3v) is 4.43. The van der Waals surface area contributed by atoms with Crippen molar-refractivity contribution in [1.29, 1.82) is 0 Å². The smallest absolute Gasteiger partial charge is 0.387 e. The summed E-state index contributed by atoms with van der Waals surface area (Å²) in [5.41, 5.74) is 0.632. The first-order chi connectivity index (χ1) is 14.8. The summed E-state index contributed by atoms with van der Waals surface area (Å²) in [6.07, 6.45) is 1.05. The molecule has 0 aliphatic rings. The van der Waals surface area contributed by atoms with Gasteiger partial charge in [0.2, 0.25) is 5.89 Å². The van der Waals surface area contributed by atoms with Crippen LogP contribution < -0.4 is 15.0 Å². The van der Waals surface area contributed by atoms with Crippen molar-refractivity contribution in [1.82, 2.24) is 14.5 Å². The molecule has 0 fully saturated rings. The summed E-state index contributed by atoms with van der Waals surface area (Å²) >= 11 is 0. The predicted octanol–water partition coefficient (Wildman–Crippen LogP) is 4.24. The third-order valence-electron chi connectivity index (χ3n) is 4.43. The van der Waals surface area contributed by atoms with Crippen molar-refractivity contribution in [2.45, 2.75) is 33.1 Å². The van der Waals surface area contributed by atoms with Crippen LogP contribution in [-0.4, -0.2) is 27.2 Å². The molecule has 0 amide bonds. The van der Waals surface area contributed by atoms with E-state index in [0.717, 1.165) is 4.68 Å². The maximum Gasteiger partial charge on any atom is 0.387 e. The van der Waals surface area contributed by atoms with E-state index in [1.807, 2.05) is 0 Å². The molecule has 2 aromatic heterocycles. The average Bonchev–Trinajstić information content (AvgIpc) is 3.28. The van der Waals surface area contributed by atoms with E-state index in [9.17, 15) is 18.8 Å². The van der Waals surface area contributed by atoms with E-state index in [4.69, 9.17) is 9.15 Å². The van der Waals surface area contributed by atoms with Gasteiger partial charge < -0.3 is 23.9 Å². The molecule has 0 saturated carbocycles. The van der Waals surface area contributed by atoms with Gasteiger partial charge in [-0.15, -0.1) is 0 Å². The number of fused-ring (bicyclic) bond motifs is 1. The van der Waals surface area contributed by atoms with Gasteiger partial charge in [-0.3, -0.25) is 4.79 Å². The van der Waals surface area contributed by atoms with E-state index < -0.39 is 12.2 Å². The molecule has 0 aliphatic carbocycles. The van der Waals surface area contributed by atoms with Crippen LogP contribution >= 0.6 is 0 Å². The Morgan fingerprint density at radius 3 is 2.61 bits per heavy atom. The lowest BCUT2D eigenvalue weighted by atomic mass is 10.2. The molecule has 4 rings (SSSR count). The number of benzene rings is 2. The quantitative estimate of drug-likeness (QED) is 0.435. The van der Waals surface area contributed by atoms with Gasteiger partial charge in [-0.25, -0.2) is 9.67 Å². The topological polar surface area (TPSA) is 94.5 Å². The highest BCUT2D eigenvalue weighted by Crippen LogP contribution is 2.34. The molecule has 2 heterocycles. The number of hydrogen-bond donors (Lipinski definition) is 0. The van der Waals surface area contributed by atoms with Crippen LogP contribution in [0.5, 0.6) is 11.5 Å². The maximum atomic E-state index is 12.6. The van der Waals surface area contributed by atoms with E-state index >= 15 is 0 Å². The number of oxazole rings is 1. The normalized spacial score (nSPS) is 11.5. The van der Waals surface area contributed by atoms with E-state index in [1.54, 1.807) is 38.1 Å². The van der Waals surface area contributed by atoms with Crippen LogP contribution in [0.25, 0.3) is 22.4 Å². The lowest BCUT2D eigenvalue weighted by Gasteiger charge is -2.15. The minimum atomic E-state index is -2.99. The molecule has 0 N–H and O–H groups in total. The number of alkyl halides is 2. The molecule has 0 unspecified atom stereocenters. The second-order valence-corrected chi connectivity index (χ2v) is 7.00. The summed E-state index contributed by atoms with van der Waals surface area (Å²) in [7, 11) is 0. The Bertz CT molecular complexity index is 1280. The molecule has 31 heavy (non-hydrogen) atoms. The van der Waals surface area contributed by atoms with E-state index in [0.29, 0.717) is 21.5 Å². The Kier molecular flexibility index (Phi) is 5.37. The standard InChI is InChI=1S/C21H18F2N3O5/c1-12(2)30-18-9-13(7-8-17(18)31-21(22)23)19-24-14(11-29-19)10-25-20(27)15-5-3-4-6-16(15)26(25)28/h3-9,11-12,21H,10H2,1-2H3/q-1. The Labute approximate surface area is 174 Å². The zero-order valence-electron chi connectivity index (χ0n) is 16.6. The Morgan fingerprint density at radius 2 is 1.90 bits per heavy atom. The summed E-state index contributed by atoms with van der Waals surface area (Å²) in [5.74, 6) is 0.180. The highest BCUT2D eigenvalue weighted by atomic mass is 19.3. The second kappa shape index (κ2) is 8.13. The summed E-state index contributed by atoms with van der Waals surface area (Å²) < 4.78 is 41.8.